The number of nitrogens with one attached hydrogen (secondary N) is 2. The number of nitrogens with zero attached hydrogens (tertiary/aromatic N) is 2. The van der Waals surface area contributed by atoms with Gasteiger partial charge >= 0.3 is 0 Å². The number of aromatic nitrogens is 2. The zero-order valence-electron chi connectivity index (χ0n) is 14.8. The fraction of sp³-hybridized carbons (Fsp3) is 0.150. The first-order valence-electron chi connectivity index (χ1n) is 8.17. The van der Waals surface area contributed by atoms with Crippen LogP contribution in [-0.4, -0.2) is 15.9 Å². The topological polar surface area (TPSA) is 66.9 Å². The number of carbonyl (C=O) groups is 1. The normalized spacial score (nSPS) is 10.5. The average Bonchev–Trinajstić information content (AvgIpc) is 2.59. The van der Waals surface area contributed by atoms with Gasteiger partial charge in [-0.3, -0.25) is 4.79 Å². The molecule has 6 heteroatoms. The van der Waals surface area contributed by atoms with Gasteiger partial charge in [-0.2, -0.15) is 0 Å². The summed E-state index contributed by atoms with van der Waals surface area (Å²) in [7, 11) is 0. The largest absolute Gasteiger partial charge is 0.340 e. The highest BCUT2D eigenvalue weighted by atomic mass is 35.5. The van der Waals surface area contributed by atoms with Crippen LogP contribution < -0.4 is 10.6 Å². The fourth-order valence-corrected chi connectivity index (χ4v) is 2.57. The third-order valence-corrected chi connectivity index (χ3v) is 4.20. The first kappa shape index (κ1) is 17.9. The summed E-state index contributed by atoms with van der Waals surface area (Å²) in [4.78, 5) is 21.1. The summed E-state index contributed by atoms with van der Waals surface area (Å²) in [5, 5.41) is 6.65. The van der Waals surface area contributed by atoms with Crippen molar-refractivity contribution in [1.29, 1.82) is 0 Å². The van der Waals surface area contributed by atoms with Crippen molar-refractivity contribution in [1.82, 2.24) is 9.97 Å². The van der Waals surface area contributed by atoms with Crippen molar-refractivity contribution in [3.05, 3.63) is 76.2 Å². The Labute approximate surface area is 157 Å². The van der Waals surface area contributed by atoms with Gasteiger partial charge in [-0.1, -0.05) is 17.7 Å². The lowest BCUT2D eigenvalue weighted by atomic mass is 10.1. The van der Waals surface area contributed by atoms with Crippen LogP contribution >= 0.6 is 11.6 Å². The molecule has 0 atom stereocenters. The Balaban J connectivity index is 1.81. The second kappa shape index (κ2) is 7.54. The molecule has 0 fully saturated rings. The first-order chi connectivity index (χ1) is 12.4. The monoisotopic (exact) mass is 366 g/mol. The third-order valence-electron chi connectivity index (χ3n) is 3.95. The Morgan fingerprint density at radius 1 is 0.885 bits per heavy atom. The van der Waals surface area contributed by atoms with Crippen LogP contribution in [0.15, 0.2) is 48.5 Å². The number of hydrogen-bond acceptors (Lipinski definition) is 4. The minimum absolute atomic E-state index is 0.291. The first-order valence-corrected chi connectivity index (χ1v) is 8.55. The summed E-state index contributed by atoms with van der Waals surface area (Å²) in [5.74, 6) is 0.781. The molecule has 3 rings (SSSR count). The second-order valence-electron chi connectivity index (χ2n) is 6.07. The summed E-state index contributed by atoms with van der Waals surface area (Å²) in [6.07, 6.45) is 0. The van der Waals surface area contributed by atoms with E-state index in [1.165, 1.54) is 11.1 Å². The van der Waals surface area contributed by atoms with Crippen molar-refractivity contribution in [2.24, 2.45) is 0 Å². The molecule has 2 N–H and O–H groups in total. The zero-order valence-corrected chi connectivity index (χ0v) is 15.6. The van der Waals surface area contributed by atoms with E-state index in [0.717, 1.165) is 5.69 Å². The molecule has 5 nitrogen and oxygen atoms in total. The quantitative estimate of drug-likeness (QED) is 0.678. The van der Waals surface area contributed by atoms with Crippen LogP contribution in [0.2, 0.25) is 5.02 Å². The molecule has 0 radical (unpaired) electrons. The average molecular weight is 367 g/mol. The number of benzene rings is 2. The van der Waals surface area contributed by atoms with Crippen molar-refractivity contribution in [2.45, 2.75) is 20.8 Å². The van der Waals surface area contributed by atoms with E-state index in [-0.39, 0.29) is 5.91 Å². The van der Waals surface area contributed by atoms with E-state index < -0.39 is 0 Å². The lowest BCUT2D eigenvalue weighted by Gasteiger charge is -2.10. The molecule has 0 spiro atoms. The highest BCUT2D eigenvalue weighted by molar-refractivity contribution is 6.30. The maximum atomic E-state index is 12.5. The van der Waals surface area contributed by atoms with Gasteiger partial charge in [-0.15, -0.1) is 0 Å². The fourth-order valence-electron chi connectivity index (χ4n) is 2.44. The van der Waals surface area contributed by atoms with Gasteiger partial charge in [-0.25, -0.2) is 9.97 Å². The minimum atomic E-state index is -0.305. The molecule has 0 unspecified atom stereocenters. The molecule has 0 saturated carbocycles. The minimum Gasteiger partial charge on any atom is -0.340 e. The maximum Gasteiger partial charge on any atom is 0.274 e. The third kappa shape index (κ3) is 4.37. The van der Waals surface area contributed by atoms with E-state index in [2.05, 4.69) is 34.4 Å². The molecule has 132 valence electrons. The van der Waals surface area contributed by atoms with Gasteiger partial charge < -0.3 is 10.6 Å². The van der Waals surface area contributed by atoms with E-state index in [1.54, 1.807) is 37.3 Å². The van der Waals surface area contributed by atoms with Crippen LogP contribution in [0.1, 0.15) is 27.4 Å². The zero-order chi connectivity index (χ0) is 18.7. The van der Waals surface area contributed by atoms with E-state index in [4.69, 9.17) is 11.6 Å². The molecule has 26 heavy (non-hydrogen) atoms. The van der Waals surface area contributed by atoms with Gasteiger partial charge in [0, 0.05) is 22.5 Å². The predicted molar refractivity (Wildman–Crippen MR) is 105 cm³/mol. The number of hydrogen-bond donors (Lipinski definition) is 2. The highest BCUT2D eigenvalue weighted by Gasteiger charge is 2.11. The Morgan fingerprint density at radius 2 is 1.58 bits per heavy atom. The van der Waals surface area contributed by atoms with E-state index >= 15 is 0 Å². The summed E-state index contributed by atoms with van der Waals surface area (Å²) in [5.41, 5.74) is 4.26. The molecule has 0 saturated heterocycles. The van der Waals surface area contributed by atoms with Gasteiger partial charge in [0.15, 0.2) is 0 Å². The SMILES string of the molecule is Cc1nc(Nc2ccc(C)c(C)c2)cc(C(=O)Nc2ccc(Cl)cc2)n1. The summed E-state index contributed by atoms with van der Waals surface area (Å²) >= 11 is 5.86. The maximum absolute atomic E-state index is 12.5. The molecule has 1 amide bonds. The molecular formula is C20H19ClN4O. The number of aryl methyl sites for hydroxylation is 3. The van der Waals surface area contributed by atoms with Gasteiger partial charge in [0.2, 0.25) is 0 Å². The van der Waals surface area contributed by atoms with Crippen LogP contribution in [0.4, 0.5) is 17.2 Å². The smallest absolute Gasteiger partial charge is 0.274 e. The van der Waals surface area contributed by atoms with E-state index in [9.17, 15) is 4.79 Å². The van der Waals surface area contributed by atoms with E-state index in [0.29, 0.717) is 28.0 Å². The molecule has 0 aliphatic heterocycles. The van der Waals surface area contributed by atoms with Crippen molar-refractivity contribution < 1.29 is 4.79 Å². The Bertz CT molecular complexity index is 955. The van der Waals surface area contributed by atoms with Crippen LogP contribution in [0.25, 0.3) is 0 Å². The second-order valence-corrected chi connectivity index (χ2v) is 6.51. The molecule has 0 bridgehead atoms. The van der Waals surface area contributed by atoms with Gasteiger partial charge in [0.05, 0.1) is 0 Å². The molecule has 3 aromatic rings. The lowest BCUT2D eigenvalue weighted by Crippen LogP contribution is -2.15. The number of amides is 1. The van der Waals surface area contributed by atoms with Gasteiger partial charge in [0.1, 0.15) is 17.3 Å². The highest BCUT2D eigenvalue weighted by Crippen LogP contribution is 2.20. The Morgan fingerprint density at radius 3 is 2.27 bits per heavy atom. The Kier molecular flexibility index (Phi) is 5.19. The molecular weight excluding hydrogens is 348 g/mol. The van der Waals surface area contributed by atoms with E-state index in [1.807, 2.05) is 18.2 Å². The summed E-state index contributed by atoms with van der Waals surface area (Å²) in [6, 6.07) is 14.6. The van der Waals surface area contributed by atoms with Crippen molar-refractivity contribution in [3.63, 3.8) is 0 Å². The predicted octanol–water partition coefficient (Wildman–Crippen LogP) is 5.05. The number of halogens is 1. The summed E-state index contributed by atoms with van der Waals surface area (Å²) < 4.78 is 0. The van der Waals surface area contributed by atoms with Crippen LogP contribution in [0.5, 0.6) is 0 Å². The van der Waals surface area contributed by atoms with Crippen LogP contribution in [-0.2, 0) is 0 Å². The molecule has 0 aliphatic carbocycles. The van der Waals surface area contributed by atoms with Crippen molar-refractivity contribution >= 4 is 34.7 Å². The van der Waals surface area contributed by atoms with Gasteiger partial charge in [0.25, 0.3) is 5.91 Å². The molecule has 2 aromatic carbocycles. The van der Waals surface area contributed by atoms with Crippen LogP contribution in [0, 0.1) is 20.8 Å². The number of rotatable bonds is 4. The van der Waals surface area contributed by atoms with Crippen molar-refractivity contribution in [2.75, 3.05) is 10.6 Å². The summed E-state index contributed by atoms with van der Waals surface area (Å²) in [6.45, 7) is 5.87. The number of anilines is 3. The lowest BCUT2D eigenvalue weighted by molar-refractivity contribution is 0.102. The number of carbonyl (C=O) groups excluding carboxylic acids is 1. The molecule has 1 heterocycles. The molecule has 1 aromatic heterocycles. The van der Waals surface area contributed by atoms with Gasteiger partial charge in [-0.05, 0) is 68.3 Å². The molecule has 0 aliphatic rings. The van der Waals surface area contributed by atoms with Crippen LogP contribution in [0.3, 0.4) is 0 Å². The standard InChI is InChI=1S/C20H19ClN4O/c1-12-4-7-17(10-13(12)2)24-19-11-18(22-14(3)23-19)20(26)25-16-8-5-15(21)6-9-16/h4-11H,1-3H3,(H,25,26)(H,22,23,24). The van der Waals surface area contributed by atoms with Crippen molar-refractivity contribution in [3.8, 4) is 0 Å². The Hall–Kier alpha value is -2.92.